The molecular formula is C25H26N6O3. The lowest BCUT2D eigenvalue weighted by Crippen LogP contribution is -2.49. The Balaban J connectivity index is 1.37. The molecule has 0 unspecified atom stereocenters. The van der Waals surface area contributed by atoms with Crippen LogP contribution in [0.4, 0.5) is 11.5 Å². The molecule has 0 bridgehead atoms. The first-order valence-corrected chi connectivity index (χ1v) is 11.2. The Bertz CT molecular complexity index is 1390. The van der Waals surface area contributed by atoms with Gasteiger partial charge in [0.25, 0.3) is 0 Å². The largest absolute Gasteiger partial charge is 0.480 e. The molecule has 1 aliphatic heterocycles. The number of fused-ring (bicyclic) bond motifs is 2. The number of nitrogens with zero attached hydrogens (tertiary/aromatic N) is 4. The fourth-order valence-corrected chi connectivity index (χ4v) is 4.71. The van der Waals surface area contributed by atoms with Crippen molar-refractivity contribution in [1.82, 2.24) is 19.9 Å². The van der Waals surface area contributed by atoms with Crippen LogP contribution in [0.5, 0.6) is 0 Å². The van der Waals surface area contributed by atoms with E-state index in [-0.39, 0.29) is 5.91 Å². The number of nitrogens with one attached hydrogen (secondary N) is 2. The lowest BCUT2D eigenvalue weighted by atomic mass is 10.0. The van der Waals surface area contributed by atoms with E-state index in [1.807, 2.05) is 48.2 Å². The Morgan fingerprint density at radius 2 is 1.76 bits per heavy atom. The van der Waals surface area contributed by atoms with Crippen molar-refractivity contribution in [2.24, 2.45) is 0 Å². The summed E-state index contributed by atoms with van der Waals surface area (Å²) in [6.07, 6.45) is 1.76. The van der Waals surface area contributed by atoms with E-state index in [1.54, 1.807) is 12.3 Å². The van der Waals surface area contributed by atoms with Gasteiger partial charge in [0.2, 0.25) is 5.91 Å². The maximum Gasteiger partial charge on any atom is 0.325 e. The highest BCUT2D eigenvalue weighted by Gasteiger charge is 2.32. The predicted molar refractivity (Wildman–Crippen MR) is 131 cm³/mol. The molecule has 0 aliphatic carbocycles. The molecule has 3 N–H and O–H groups in total. The second kappa shape index (κ2) is 8.75. The zero-order chi connectivity index (χ0) is 23.8. The Labute approximate surface area is 196 Å². The van der Waals surface area contributed by atoms with E-state index >= 15 is 0 Å². The number of aromatic amines is 1. The molecule has 9 nitrogen and oxygen atoms in total. The standard InChI is InChI=1S/C25H26N6O3/c1-15-24(29-21-6-4-3-5-20(21)27-15)31-11-9-30(10-12-31)23(25(33)34)19-14-26-22-13-17(28-16(2)32)7-8-18(19)22/h3-8,13-14,23,26H,9-12H2,1-2H3,(H,28,32)(H,33,34)/t23-/m1/s1. The fraction of sp³-hybridized carbons (Fsp3) is 0.280. The van der Waals surface area contributed by atoms with Crippen LogP contribution >= 0.6 is 0 Å². The van der Waals surface area contributed by atoms with Crippen molar-refractivity contribution in [2.75, 3.05) is 36.4 Å². The summed E-state index contributed by atoms with van der Waals surface area (Å²) in [6.45, 7) is 5.90. The number of para-hydroxylation sites is 2. The fourth-order valence-electron chi connectivity index (χ4n) is 4.71. The van der Waals surface area contributed by atoms with E-state index in [0.717, 1.165) is 33.4 Å². The Morgan fingerprint density at radius 3 is 2.44 bits per heavy atom. The van der Waals surface area contributed by atoms with Gasteiger partial charge in [-0.2, -0.15) is 0 Å². The van der Waals surface area contributed by atoms with Crippen LogP contribution in [0.3, 0.4) is 0 Å². The first-order valence-electron chi connectivity index (χ1n) is 11.2. The highest BCUT2D eigenvalue weighted by Crippen LogP contribution is 2.32. The number of H-pyrrole nitrogens is 1. The average Bonchev–Trinajstić information content (AvgIpc) is 3.21. The van der Waals surface area contributed by atoms with Crippen molar-refractivity contribution in [3.05, 3.63) is 59.9 Å². The van der Waals surface area contributed by atoms with Crippen LogP contribution in [-0.2, 0) is 9.59 Å². The van der Waals surface area contributed by atoms with Gasteiger partial charge in [-0.05, 0) is 31.2 Å². The second-order valence-electron chi connectivity index (χ2n) is 8.57. The smallest absolute Gasteiger partial charge is 0.325 e. The molecule has 1 atom stereocenters. The molecule has 34 heavy (non-hydrogen) atoms. The van der Waals surface area contributed by atoms with Gasteiger partial charge < -0.3 is 20.3 Å². The number of hydrogen-bond donors (Lipinski definition) is 3. The summed E-state index contributed by atoms with van der Waals surface area (Å²) < 4.78 is 0. The third kappa shape index (κ3) is 4.06. The molecular weight excluding hydrogens is 432 g/mol. The third-order valence-corrected chi connectivity index (χ3v) is 6.26. The second-order valence-corrected chi connectivity index (χ2v) is 8.57. The van der Waals surface area contributed by atoms with Gasteiger partial charge in [-0.25, -0.2) is 9.97 Å². The maximum absolute atomic E-state index is 12.4. The van der Waals surface area contributed by atoms with E-state index < -0.39 is 12.0 Å². The van der Waals surface area contributed by atoms with Crippen LogP contribution < -0.4 is 10.2 Å². The lowest BCUT2D eigenvalue weighted by molar-refractivity contribution is -0.143. The Kier molecular flexibility index (Phi) is 5.62. The number of carboxylic acid groups (broad SMARTS) is 1. The summed E-state index contributed by atoms with van der Waals surface area (Å²) in [7, 11) is 0. The van der Waals surface area contributed by atoms with Crippen molar-refractivity contribution in [1.29, 1.82) is 0 Å². The van der Waals surface area contributed by atoms with E-state index in [0.29, 0.717) is 37.4 Å². The van der Waals surface area contributed by atoms with Crippen LogP contribution in [0.1, 0.15) is 24.2 Å². The predicted octanol–water partition coefficient (Wildman–Crippen LogP) is 3.33. The molecule has 174 valence electrons. The maximum atomic E-state index is 12.4. The van der Waals surface area contributed by atoms with Gasteiger partial charge in [-0.1, -0.05) is 18.2 Å². The van der Waals surface area contributed by atoms with Crippen LogP contribution in [0, 0.1) is 6.92 Å². The number of piperazine rings is 1. The van der Waals surface area contributed by atoms with Crippen molar-refractivity contribution in [3.63, 3.8) is 0 Å². The first-order chi connectivity index (χ1) is 16.4. The minimum absolute atomic E-state index is 0.154. The number of aliphatic carboxylic acids is 1. The molecule has 1 aliphatic rings. The van der Waals surface area contributed by atoms with Crippen LogP contribution in [0.2, 0.25) is 0 Å². The topological polar surface area (TPSA) is 114 Å². The third-order valence-electron chi connectivity index (χ3n) is 6.26. The molecule has 5 rings (SSSR count). The molecule has 1 saturated heterocycles. The highest BCUT2D eigenvalue weighted by molar-refractivity contribution is 5.94. The van der Waals surface area contributed by atoms with Crippen molar-refractivity contribution in [2.45, 2.75) is 19.9 Å². The number of amides is 1. The summed E-state index contributed by atoms with van der Waals surface area (Å²) in [5.41, 5.74) is 4.76. The molecule has 0 saturated carbocycles. The zero-order valence-corrected chi connectivity index (χ0v) is 19.1. The minimum Gasteiger partial charge on any atom is -0.480 e. The summed E-state index contributed by atoms with van der Waals surface area (Å²) in [5, 5.41) is 13.7. The summed E-state index contributed by atoms with van der Waals surface area (Å²) in [4.78, 5) is 40.6. The SMILES string of the molecule is CC(=O)Nc1ccc2c([C@H](C(=O)O)N3CCN(c4nc5ccccc5nc4C)CC3)c[nH]c2c1. The highest BCUT2D eigenvalue weighted by atomic mass is 16.4. The molecule has 0 radical (unpaired) electrons. The molecule has 1 amide bonds. The number of benzene rings is 2. The summed E-state index contributed by atoms with van der Waals surface area (Å²) >= 11 is 0. The van der Waals surface area contributed by atoms with Gasteiger partial charge in [0.15, 0.2) is 5.82 Å². The molecule has 1 fully saturated rings. The minimum atomic E-state index is -0.887. The number of aryl methyl sites for hydroxylation is 1. The number of aromatic nitrogens is 3. The average molecular weight is 459 g/mol. The number of carbonyl (C=O) groups excluding carboxylic acids is 1. The molecule has 3 heterocycles. The zero-order valence-electron chi connectivity index (χ0n) is 19.1. The van der Waals surface area contributed by atoms with Crippen LogP contribution in [-0.4, -0.2) is 63.0 Å². The van der Waals surface area contributed by atoms with Crippen molar-refractivity contribution in [3.8, 4) is 0 Å². The van der Waals surface area contributed by atoms with Crippen LogP contribution in [0.25, 0.3) is 21.9 Å². The quantitative estimate of drug-likeness (QED) is 0.420. The van der Waals surface area contributed by atoms with Gasteiger partial charge in [-0.15, -0.1) is 0 Å². The first kappa shape index (κ1) is 21.8. The Morgan fingerprint density at radius 1 is 1.06 bits per heavy atom. The van der Waals surface area contributed by atoms with E-state index in [9.17, 15) is 14.7 Å². The molecule has 9 heteroatoms. The lowest BCUT2D eigenvalue weighted by Gasteiger charge is -2.38. The van der Waals surface area contributed by atoms with E-state index in [1.165, 1.54) is 6.92 Å². The van der Waals surface area contributed by atoms with E-state index in [2.05, 4.69) is 15.2 Å². The molecule has 0 spiro atoms. The summed E-state index contributed by atoms with van der Waals surface area (Å²) in [5.74, 6) is -0.191. The number of hydrogen-bond acceptors (Lipinski definition) is 6. The normalized spacial score (nSPS) is 15.5. The molecule has 4 aromatic rings. The number of anilines is 2. The van der Waals surface area contributed by atoms with Crippen LogP contribution in [0.15, 0.2) is 48.7 Å². The Hall–Kier alpha value is -3.98. The van der Waals surface area contributed by atoms with Gasteiger partial charge in [0.1, 0.15) is 6.04 Å². The van der Waals surface area contributed by atoms with Gasteiger partial charge >= 0.3 is 5.97 Å². The summed E-state index contributed by atoms with van der Waals surface area (Å²) in [6, 6.07) is 12.5. The van der Waals surface area contributed by atoms with Crippen molar-refractivity contribution < 1.29 is 14.7 Å². The number of rotatable bonds is 5. The van der Waals surface area contributed by atoms with Gasteiger partial charge in [0, 0.05) is 61.5 Å². The molecule has 2 aromatic heterocycles. The number of carboxylic acids is 1. The van der Waals surface area contributed by atoms with Gasteiger partial charge in [0.05, 0.1) is 16.7 Å². The van der Waals surface area contributed by atoms with Gasteiger partial charge in [-0.3, -0.25) is 14.5 Å². The molecule has 2 aromatic carbocycles. The monoisotopic (exact) mass is 458 g/mol. The van der Waals surface area contributed by atoms with E-state index in [4.69, 9.17) is 9.97 Å². The van der Waals surface area contributed by atoms with Crippen molar-refractivity contribution >= 4 is 45.3 Å². The number of carbonyl (C=O) groups is 2.